The van der Waals surface area contributed by atoms with E-state index in [0.717, 1.165) is 11.8 Å². The second-order valence-electron chi connectivity index (χ2n) is 3.42. The molecule has 0 aromatic carbocycles. The van der Waals surface area contributed by atoms with Gasteiger partial charge in [-0.1, -0.05) is 126 Å². The Morgan fingerprint density at radius 3 is 2.00 bits per heavy atom. The molecule has 0 fully saturated rings. The molecule has 0 aliphatic carbocycles. The first-order valence-corrected chi connectivity index (χ1v) is 11.0. The fraction of sp³-hybridized carbons (Fsp3) is 0.500. The van der Waals surface area contributed by atoms with Gasteiger partial charge in [-0.3, -0.25) is 0 Å². The van der Waals surface area contributed by atoms with Crippen LogP contribution in [0.3, 0.4) is 0 Å². The molecular formula is C12H14Br6. The average molecular weight is 638 g/mol. The molecule has 0 aromatic rings. The normalized spacial score (nSPS) is 19.7. The molecule has 104 valence electrons. The highest BCUT2D eigenvalue weighted by Gasteiger charge is 2.27. The van der Waals surface area contributed by atoms with Gasteiger partial charge in [0.05, 0.1) is 0 Å². The number of halogens is 6. The third-order valence-electron chi connectivity index (χ3n) is 2.04. The van der Waals surface area contributed by atoms with Crippen LogP contribution in [0.15, 0.2) is 35.4 Å². The van der Waals surface area contributed by atoms with E-state index in [2.05, 4.69) is 102 Å². The highest BCUT2D eigenvalue weighted by atomic mass is 79.9. The van der Waals surface area contributed by atoms with Crippen LogP contribution in [0.1, 0.15) is 6.42 Å². The van der Waals surface area contributed by atoms with E-state index in [9.17, 15) is 0 Å². The van der Waals surface area contributed by atoms with Gasteiger partial charge in [-0.2, -0.15) is 0 Å². The zero-order chi connectivity index (χ0) is 14.0. The summed E-state index contributed by atoms with van der Waals surface area (Å²) in [5, 5.41) is 0.995. The van der Waals surface area contributed by atoms with Crippen molar-refractivity contribution in [3.8, 4) is 0 Å². The zero-order valence-corrected chi connectivity index (χ0v) is 19.0. The van der Waals surface area contributed by atoms with Crippen molar-refractivity contribution in [3.05, 3.63) is 35.4 Å². The summed E-state index contributed by atoms with van der Waals surface area (Å²) in [6, 6.07) is 0. The molecule has 0 bridgehead atoms. The van der Waals surface area contributed by atoms with E-state index >= 15 is 0 Å². The minimum absolute atomic E-state index is 0.273. The molecular weight excluding hydrogens is 624 g/mol. The molecule has 0 aliphatic rings. The van der Waals surface area contributed by atoms with Gasteiger partial charge in [-0.15, -0.1) is 0 Å². The van der Waals surface area contributed by atoms with Crippen LogP contribution in [0.2, 0.25) is 0 Å². The van der Waals surface area contributed by atoms with Gasteiger partial charge >= 0.3 is 0 Å². The summed E-state index contributed by atoms with van der Waals surface area (Å²) in [5.41, 5.74) is 0. The fourth-order valence-electron chi connectivity index (χ4n) is 1.09. The SMILES string of the molecule is BrC=CC=CC=CC(Br)C(Br)C(Br)C(Br)CCBr. The van der Waals surface area contributed by atoms with E-state index in [4.69, 9.17) is 0 Å². The summed E-state index contributed by atoms with van der Waals surface area (Å²) in [6.07, 6.45) is 11.1. The van der Waals surface area contributed by atoms with E-state index in [1.54, 1.807) is 0 Å². The first kappa shape index (κ1) is 20.1. The lowest BCUT2D eigenvalue weighted by Gasteiger charge is -2.23. The van der Waals surface area contributed by atoms with Crippen LogP contribution >= 0.6 is 95.6 Å². The molecule has 4 atom stereocenters. The average Bonchev–Trinajstić information content (AvgIpc) is 2.36. The number of alkyl halides is 5. The van der Waals surface area contributed by atoms with Gasteiger partial charge in [-0.25, -0.2) is 0 Å². The van der Waals surface area contributed by atoms with Gasteiger partial charge in [0.25, 0.3) is 0 Å². The highest BCUT2D eigenvalue weighted by Crippen LogP contribution is 2.31. The Morgan fingerprint density at radius 1 is 0.833 bits per heavy atom. The van der Waals surface area contributed by atoms with Crippen molar-refractivity contribution in [2.24, 2.45) is 0 Å². The summed E-state index contributed by atoms with van der Waals surface area (Å²) in [6.45, 7) is 0. The lowest BCUT2D eigenvalue weighted by molar-refractivity contribution is 0.763. The van der Waals surface area contributed by atoms with Crippen LogP contribution in [0.4, 0.5) is 0 Å². The number of hydrogen-bond acceptors (Lipinski definition) is 0. The van der Waals surface area contributed by atoms with Crippen molar-refractivity contribution in [1.82, 2.24) is 0 Å². The first-order chi connectivity index (χ1) is 8.54. The summed E-state index contributed by atoms with van der Waals surface area (Å²) >= 11 is 21.5. The predicted octanol–water partition coefficient (Wildman–Crippen LogP) is 6.85. The van der Waals surface area contributed by atoms with E-state index in [1.807, 2.05) is 29.3 Å². The van der Waals surface area contributed by atoms with E-state index in [0.29, 0.717) is 14.5 Å². The lowest BCUT2D eigenvalue weighted by atomic mass is 10.1. The molecule has 18 heavy (non-hydrogen) atoms. The van der Waals surface area contributed by atoms with Gasteiger partial charge in [0.15, 0.2) is 0 Å². The molecule has 0 N–H and O–H groups in total. The summed E-state index contributed by atoms with van der Waals surface area (Å²) in [5.74, 6) is 0. The van der Waals surface area contributed by atoms with Crippen LogP contribution in [0.25, 0.3) is 0 Å². The van der Waals surface area contributed by atoms with E-state index in [-0.39, 0.29) is 4.83 Å². The molecule has 0 spiro atoms. The van der Waals surface area contributed by atoms with Gasteiger partial charge < -0.3 is 0 Å². The largest absolute Gasteiger partial charge is 0.0928 e. The lowest BCUT2D eigenvalue weighted by Crippen LogP contribution is -2.30. The Bertz CT molecular complexity index is 286. The molecule has 0 aromatic heterocycles. The topological polar surface area (TPSA) is 0 Å². The third-order valence-corrected chi connectivity index (χ3v) is 9.18. The summed E-state index contributed by atoms with van der Waals surface area (Å²) in [7, 11) is 0. The number of rotatable bonds is 8. The van der Waals surface area contributed by atoms with Crippen molar-refractivity contribution in [3.63, 3.8) is 0 Å². The van der Waals surface area contributed by atoms with Gasteiger partial charge in [0, 0.05) is 24.6 Å². The van der Waals surface area contributed by atoms with Crippen LogP contribution in [-0.4, -0.2) is 24.6 Å². The highest BCUT2D eigenvalue weighted by molar-refractivity contribution is 9.14. The van der Waals surface area contributed by atoms with E-state index in [1.165, 1.54) is 0 Å². The van der Waals surface area contributed by atoms with Gasteiger partial charge in [-0.05, 0) is 11.4 Å². The zero-order valence-electron chi connectivity index (χ0n) is 9.46. The molecule has 4 unspecified atom stereocenters. The Hall–Kier alpha value is 2.10. The van der Waals surface area contributed by atoms with Gasteiger partial charge in [0.1, 0.15) is 0 Å². The maximum atomic E-state index is 3.73. The molecule has 0 saturated heterocycles. The molecule has 0 radical (unpaired) electrons. The molecule has 0 aliphatic heterocycles. The van der Waals surface area contributed by atoms with Crippen LogP contribution in [-0.2, 0) is 0 Å². The molecule has 0 amide bonds. The molecule has 0 heterocycles. The van der Waals surface area contributed by atoms with Gasteiger partial charge in [0.2, 0.25) is 0 Å². The molecule has 0 nitrogen and oxygen atoms in total. The monoisotopic (exact) mass is 632 g/mol. The van der Waals surface area contributed by atoms with E-state index < -0.39 is 0 Å². The fourth-order valence-corrected chi connectivity index (χ4v) is 5.39. The second kappa shape index (κ2) is 12.8. The van der Waals surface area contributed by atoms with Crippen LogP contribution in [0, 0.1) is 0 Å². The Kier molecular flexibility index (Phi) is 14.3. The predicted molar refractivity (Wildman–Crippen MR) is 106 cm³/mol. The number of allylic oxidation sites excluding steroid dienone is 5. The maximum absolute atomic E-state index is 3.73. The van der Waals surface area contributed by atoms with Crippen LogP contribution < -0.4 is 0 Å². The first-order valence-electron chi connectivity index (χ1n) is 5.27. The van der Waals surface area contributed by atoms with Crippen molar-refractivity contribution < 1.29 is 0 Å². The maximum Gasteiger partial charge on any atom is 0.0465 e. The summed E-state index contributed by atoms with van der Waals surface area (Å²) in [4.78, 5) is 3.20. The third kappa shape index (κ3) is 9.11. The minimum atomic E-state index is 0.273. The Balaban J connectivity index is 4.27. The van der Waals surface area contributed by atoms with Crippen LogP contribution in [0.5, 0.6) is 0 Å². The summed E-state index contributed by atoms with van der Waals surface area (Å²) < 4.78 is 0. The standard InChI is InChI=1S/C12H14Br6/c13-7-4-2-1-3-5-9(15)11(17)12(18)10(16)6-8-14/h1-5,7,9-12H,6,8H2. The second-order valence-corrected chi connectivity index (χ2v) is 9.08. The smallest absolute Gasteiger partial charge is 0.0465 e. The Labute approximate surface area is 160 Å². The molecule has 0 rings (SSSR count). The molecule has 6 heteroatoms. The van der Waals surface area contributed by atoms with Crippen molar-refractivity contribution >= 4 is 95.6 Å². The quantitative estimate of drug-likeness (QED) is 0.202. The molecule has 0 saturated carbocycles. The van der Waals surface area contributed by atoms with Crippen molar-refractivity contribution in [2.75, 3.05) is 5.33 Å². The van der Waals surface area contributed by atoms with Crippen molar-refractivity contribution in [2.45, 2.75) is 25.7 Å². The van der Waals surface area contributed by atoms with Crippen molar-refractivity contribution in [1.29, 1.82) is 0 Å². The Morgan fingerprint density at radius 2 is 1.44 bits per heavy atom. The minimum Gasteiger partial charge on any atom is -0.0928 e. The number of hydrogen-bond donors (Lipinski definition) is 0.